The maximum Gasteiger partial charge on any atom is 0.260 e. The number of nitrogens with zero attached hydrogens (tertiary/aromatic N) is 2. The molecule has 0 saturated carbocycles. The largest absolute Gasteiger partial charge is 0.493 e. The van der Waals surface area contributed by atoms with Crippen molar-refractivity contribution in [1.29, 1.82) is 0 Å². The highest BCUT2D eigenvalue weighted by Gasteiger charge is 2.22. The van der Waals surface area contributed by atoms with Gasteiger partial charge in [-0.3, -0.25) is 9.59 Å². The molecule has 0 radical (unpaired) electrons. The smallest absolute Gasteiger partial charge is 0.260 e. The Morgan fingerprint density at radius 1 is 1.06 bits per heavy atom. The van der Waals surface area contributed by atoms with E-state index in [1.54, 1.807) is 34.8 Å². The number of aromatic nitrogens is 1. The van der Waals surface area contributed by atoms with Crippen LogP contribution in [0.15, 0.2) is 47.4 Å². The fraction of sp³-hybridized carbons (Fsp3) is 0.360. The summed E-state index contributed by atoms with van der Waals surface area (Å²) in [7, 11) is 4.83. The molecule has 1 aromatic heterocycles. The van der Waals surface area contributed by atoms with Gasteiger partial charge in [0.05, 0.1) is 25.2 Å². The molecule has 0 bridgehead atoms. The van der Waals surface area contributed by atoms with Gasteiger partial charge in [-0.25, -0.2) is 0 Å². The zero-order valence-corrected chi connectivity index (χ0v) is 19.1. The molecule has 0 fully saturated rings. The molecule has 0 atom stereocenters. The lowest BCUT2D eigenvalue weighted by atomic mass is 10.0. The molecular weight excluding hydrogens is 392 g/mol. The summed E-state index contributed by atoms with van der Waals surface area (Å²) >= 11 is 0. The number of fused-ring (bicyclic) bond motifs is 1. The van der Waals surface area contributed by atoms with Crippen molar-refractivity contribution in [2.24, 2.45) is 5.92 Å². The third-order valence-corrected chi connectivity index (χ3v) is 5.42. The van der Waals surface area contributed by atoms with Gasteiger partial charge in [0.25, 0.3) is 11.5 Å². The molecule has 3 rings (SSSR count). The molecule has 0 aliphatic rings. The van der Waals surface area contributed by atoms with Crippen LogP contribution in [-0.4, -0.2) is 31.7 Å². The van der Waals surface area contributed by atoms with Gasteiger partial charge in [-0.15, -0.1) is 0 Å². The fourth-order valence-electron chi connectivity index (χ4n) is 3.84. The molecule has 0 aliphatic heterocycles. The van der Waals surface area contributed by atoms with E-state index < -0.39 is 0 Å². The van der Waals surface area contributed by atoms with E-state index in [1.807, 2.05) is 38.1 Å². The molecule has 0 N–H and O–H groups in total. The summed E-state index contributed by atoms with van der Waals surface area (Å²) in [6, 6.07) is 11.2. The van der Waals surface area contributed by atoms with Crippen molar-refractivity contribution in [1.82, 2.24) is 4.57 Å². The number of hydrogen-bond acceptors (Lipinski definition) is 4. The van der Waals surface area contributed by atoms with Crippen LogP contribution in [0, 0.1) is 5.92 Å². The van der Waals surface area contributed by atoms with Gasteiger partial charge in [0.2, 0.25) is 0 Å². The Morgan fingerprint density at radius 2 is 1.68 bits per heavy atom. The molecule has 164 valence electrons. The molecule has 2 aromatic carbocycles. The first-order chi connectivity index (χ1) is 14.8. The second-order valence-electron chi connectivity index (χ2n) is 7.99. The summed E-state index contributed by atoms with van der Waals surface area (Å²) in [4.78, 5) is 28.5. The number of para-hydroxylation sites is 1. The Bertz CT molecular complexity index is 1160. The molecule has 1 heterocycles. The summed E-state index contributed by atoms with van der Waals surface area (Å²) in [5.41, 5.74) is 2.23. The van der Waals surface area contributed by atoms with Crippen LogP contribution in [0.1, 0.15) is 36.7 Å². The molecule has 3 aromatic rings. The molecule has 0 saturated heterocycles. The van der Waals surface area contributed by atoms with Crippen molar-refractivity contribution in [3.05, 3.63) is 64.1 Å². The molecule has 0 aliphatic carbocycles. The van der Waals surface area contributed by atoms with Gasteiger partial charge in [0.1, 0.15) is 0 Å². The Kier molecular flexibility index (Phi) is 6.68. The van der Waals surface area contributed by atoms with Crippen molar-refractivity contribution in [3.8, 4) is 11.5 Å². The van der Waals surface area contributed by atoms with Crippen molar-refractivity contribution >= 4 is 22.4 Å². The summed E-state index contributed by atoms with van der Waals surface area (Å²) in [6.45, 7) is 6.65. The maximum atomic E-state index is 13.7. The zero-order chi connectivity index (χ0) is 22.7. The van der Waals surface area contributed by atoms with Crippen molar-refractivity contribution in [2.75, 3.05) is 26.2 Å². The lowest BCUT2D eigenvalue weighted by molar-refractivity contribution is 0.0993. The van der Waals surface area contributed by atoms with E-state index in [1.165, 1.54) is 14.2 Å². The predicted molar refractivity (Wildman–Crippen MR) is 125 cm³/mol. The minimum absolute atomic E-state index is 0.155. The highest BCUT2D eigenvalue weighted by molar-refractivity contribution is 6.14. The summed E-state index contributed by atoms with van der Waals surface area (Å²) in [5.74, 6) is 0.992. The molecule has 0 unspecified atom stereocenters. The standard InChI is InChI=1S/C25H30N2O4/c1-7-17-10-8-9-11-21(17)26(4)24(28)20-15-27(14-16(2)3)25(29)19-13-23(31-6)22(30-5)12-18(19)20/h8-13,15-16H,7,14H2,1-6H3. The monoisotopic (exact) mass is 422 g/mol. The van der Waals surface area contributed by atoms with Crippen molar-refractivity contribution in [3.63, 3.8) is 0 Å². The number of carbonyl (C=O) groups is 1. The van der Waals surface area contributed by atoms with Gasteiger partial charge in [-0.2, -0.15) is 0 Å². The molecule has 0 spiro atoms. The number of amides is 1. The second kappa shape index (κ2) is 9.25. The highest BCUT2D eigenvalue weighted by atomic mass is 16.5. The predicted octanol–water partition coefficient (Wildman–Crippen LogP) is 4.51. The minimum atomic E-state index is -0.185. The van der Waals surface area contributed by atoms with Crippen LogP contribution < -0.4 is 19.9 Å². The number of anilines is 1. The number of methoxy groups -OCH3 is 2. The number of ether oxygens (including phenoxy) is 2. The third-order valence-electron chi connectivity index (χ3n) is 5.42. The second-order valence-corrected chi connectivity index (χ2v) is 7.99. The van der Waals surface area contributed by atoms with Crippen LogP contribution in [-0.2, 0) is 13.0 Å². The van der Waals surface area contributed by atoms with E-state index in [2.05, 4.69) is 6.92 Å². The van der Waals surface area contributed by atoms with Crippen LogP contribution in [0.4, 0.5) is 5.69 Å². The lowest BCUT2D eigenvalue weighted by Gasteiger charge is -2.22. The van der Waals surface area contributed by atoms with Gasteiger partial charge >= 0.3 is 0 Å². The number of hydrogen-bond donors (Lipinski definition) is 0. The van der Waals surface area contributed by atoms with Crippen LogP contribution in [0.5, 0.6) is 11.5 Å². The van der Waals surface area contributed by atoms with E-state index >= 15 is 0 Å². The van der Waals surface area contributed by atoms with Crippen molar-refractivity contribution < 1.29 is 14.3 Å². The molecular formula is C25H30N2O4. The van der Waals surface area contributed by atoms with Gasteiger partial charge < -0.3 is 18.9 Å². The van der Waals surface area contributed by atoms with E-state index in [4.69, 9.17) is 9.47 Å². The number of pyridine rings is 1. The first kappa shape index (κ1) is 22.4. The molecule has 6 heteroatoms. The first-order valence-corrected chi connectivity index (χ1v) is 10.5. The van der Waals surface area contributed by atoms with E-state index in [9.17, 15) is 9.59 Å². The van der Waals surface area contributed by atoms with E-state index in [0.717, 1.165) is 17.7 Å². The summed E-state index contributed by atoms with van der Waals surface area (Å²) in [5, 5.41) is 0.981. The van der Waals surface area contributed by atoms with Gasteiger partial charge in [-0.05, 0) is 36.1 Å². The summed E-state index contributed by atoms with van der Waals surface area (Å²) in [6.07, 6.45) is 2.48. The lowest BCUT2D eigenvalue weighted by Crippen LogP contribution is -2.30. The average Bonchev–Trinajstić information content (AvgIpc) is 2.78. The third kappa shape index (κ3) is 4.29. The van der Waals surface area contributed by atoms with Crippen LogP contribution in [0.3, 0.4) is 0 Å². The van der Waals surface area contributed by atoms with Crippen LogP contribution in [0.2, 0.25) is 0 Å². The van der Waals surface area contributed by atoms with Crippen LogP contribution in [0.25, 0.3) is 10.8 Å². The Morgan fingerprint density at radius 3 is 2.26 bits per heavy atom. The normalized spacial score (nSPS) is 11.1. The summed E-state index contributed by atoms with van der Waals surface area (Å²) < 4.78 is 12.5. The Balaban J connectivity index is 2.27. The first-order valence-electron chi connectivity index (χ1n) is 10.5. The molecule has 31 heavy (non-hydrogen) atoms. The number of aryl methyl sites for hydroxylation is 1. The zero-order valence-electron chi connectivity index (χ0n) is 19.1. The van der Waals surface area contributed by atoms with Crippen molar-refractivity contribution in [2.45, 2.75) is 33.7 Å². The minimum Gasteiger partial charge on any atom is -0.493 e. The van der Waals surface area contributed by atoms with Crippen LogP contribution >= 0.6 is 0 Å². The SMILES string of the molecule is CCc1ccccc1N(C)C(=O)c1cn(CC(C)C)c(=O)c2cc(OC)c(OC)cc12. The van der Waals surface area contributed by atoms with E-state index in [-0.39, 0.29) is 17.4 Å². The fourth-order valence-corrected chi connectivity index (χ4v) is 3.84. The van der Waals surface area contributed by atoms with Gasteiger partial charge in [-0.1, -0.05) is 39.0 Å². The maximum absolute atomic E-state index is 13.7. The average molecular weight is 423 g/mol. The number of benzene rings is 2. The Hall–Kier alpha value is -3.28. The molecule has 6 nitrogen and oxygen atoms in total. The van der Waals surface area contributed by atoms with E-state index in [0.29, 0.717) is 34.4 Å². The number of rotatable bonds is 7. The topological polar surface area (TPSA) is 60.8 Å². The Labute approximate surface area is 183 Å². The molecule has 1 amide bonds. The quantitative estimate of drug-likeness (QED) is 0.562. The van der Waals surface area contributed by atoms with Gasteiger partial charge in [0.15, 0.2) is 11.5 Å². The highest BCUT2D eigenvalue weighted by Crippen LogP contribution is 2.33. The van der Waals surface area contributed by atoms with Gasteiger partial charge in [0, 0.05) is 30.9 Å². The number of carbonyl (C=O) groups excluding carboxylic acids is 1.